The van der Waals surface area contributed by atoms with Crippen molar-refractivity contribution in [1.82, 2.24) is 4.31 Å². The molecule has 1 fully saturated rings. The Morgan fingerprint density at radius 2 is 2.16 bits per heavy atom. The van der Waals surface area contributed by atoms with E-state index in [1.54, 1.807) is 6.07 Å². The van der Waals surface area contributed by atoms with Crippen LogP contribution in [0.2, 0.25) is 0 Å². The lowest BCUT2D eigenvalue weighted by Gasteiger charge is -2.18. The third-order valence-corrected chi connectivity index (χ3v) is 6.60. The van der Waals surface area contributed by atoms with Gasteiger partial charge in [0.2, 0.25) is 0 Å². The lowest BCUT2D eigenvalue weighted by atomic mass is 9.93. The van der Waals surface area contributed by atoms with Gasteiger partial charge in [0.1, 0.15) is 4.21 Å². The summed E-state index contributed by atoms with van der Waals surface area (Å²) in [5.74, 6) is -0.951. The molecule has 1 saturated heterocycles. The molecule has 0 spiro atoms. The SMILES string of the molecule is CC1(C)CCN(S(=O)(=O)c2ccc(CC(=O)O)s2)C1. The van der Waals surface area contributed by atoms with Crippen molar-refractivity contribution in [2.75, 3.05) is 13.1 Å². The second-order valence-corrected chi connectivity index (χ2v) is 8.88. The Hall–Kier alpha value is -0.920. The van der Waals surface area contributed by atoms with Crippen LogP contribution in [0.25, 0.3) is 0 Å². The zero-order chi connectivity index (χ0) is 14.3. The molecule has 0 radical (unpaired) electrons. The summed E-state index contributed by atoms with van der Waals surface area (Å²) in [6, 6.07) is 3.08. The van der Waals surface area contributed by atoms with Gasteiger partial charge >= 0.3 is 5.97 Å². The fourth-order valence-electron chi connectivity index (χ4n) is 2.14. The van der Waals surface area contributed by atoms with E-state index in [0.29, 0.717) is 18.0 Å². The van der Waals surface area contributed by atoms with E-state index < -0.39 is 16.0 Å². The van der Waals surface area contributed by atoms with Crippen LogP contribution < -0.4 is 0 Å². The van der Waals surface area contributed by atoms with E-state index in [2.05, 4.69) is 0 Å². The summed E-state index contributed by atoms with van der Waals surface area (Å²) in [6.07, 6.45) is 0.714. The molecule has 1 aliphatic heterocycles. The zero-order valence-corrected chi connectivity index (χ0v) is 12.6. The van der Waals surface area contributed by atoms with Crippen molar-refractivity contribution in [3.63, 3.8) is 0 Å². The third-order valence-electron chi connectivity index (χ3n) is 3.20. The van der Waals surface area contributed by atoms with E-state index in [4.69, 9.17) is 5.11 Å². The van der Waals surface area contributed by atoms with Gasteiger partial charge in [0.15, 0.2) is 0 Å². The number of rotatable bonds is 4. The van der Waals surface area contributed by atoms with Crippen LogP contribution >= 0.6 is 11.3 Å². The van der Waals surface area contributed by atoms with Gasteiger partial charge in [-0.2, -0.15) is 4.31 Å². The van der Waals surface area contributed by atoms with Gasteiger partial charge in [-0.25, -0.2) is 8.42 Å². The minimum Gasteiger partial charge on any atom is -0.481 e. The molecule has 5 nitrogen and oxygen atoms in total. The maximum absolute atomic E-state index is 12.4. The fourth-order valence-corrected chi connectivity index (χ4v) is 5.27. The van der Waals surface area contributed by atoms with Crippen LogP contribution in [0, 0.1) is 5.41 Å². The van der Waals surface area contributed by atoms with Crippen molar-refractivity contribution in [2.24, 2.45) is 5.41 Å². The van der Waals surface area contributed by atoms with Gasteiger partial charge in [-0.15, -0.1) is 11.3 Å². The van der Waals surface area contributed by atoms with E-state index in [-0.39, 0.29) is 16.0 Å². The number of aliphatic carboxylic acids is 1. The van der Waals surface area contributed by atoms with Crippen molar-refractivity contribution < 1.29 is 18.3 Å². The Morgan fingerprint density at radius 1 is 1.47 bits per heavy atom. The van der Waals surface area contributed by atoms with Crippen LogP contribution in [0.1, 0.15) is 25.1 Å². The van der Waals surface area contributed by atoms with Gasteiger partial charge in [-0.05, 0) is 24.0 Å². The number of nitrogens with zero attached hydrogens (tertiary/aromatic N) is 1. The molecule has 0 atom stereocenters. The van der Waals surface area contributed by atoms with Crippen molar-refractivity contribution in [2.45, 2.75) is 30.9 Å². The Balaban J connectivity index is 2.21. The van der Waals surface area contributed by atoms with Gasteiger partial charge in [-0.1, -0.05) is 13.8 Å². The number of carboxylic acids is 1. The van der Waals surface area contributed by atoms with Crippen LogP contribution in [-0.2, 0) is 21.2 Å². The first-order chi connectivity index (χ1) is 8.71. The quantitative estimate of drug-likeness (QED) is 0.920. The molecule has 1 aromatic rings. The summed E-state index contributed by atoms with van der Waals surface area (Å²) < 4.78 is 26.5. The average Bonchev–Trinajstić information content (AvgIpc) is 2.84. The standard InChI is InChI=1S/C12H17NO4S2/c1-12(2)5-6-13(8-12)19(16,17)11-4-3-9(18-11)7-10(14)15/h3-4H,5-8H2,1-2H3,(H,14,15). The van der Waals surface area contributed by atoms with E-state index in [9.17, 15) is 13.2 Å². The molecule has 0 aliphatic carbocycles. The number of carbonyl (C=O) groups is 1. The number of carboxylic acid groups (broad SMARTS) is 1. The molecule has 106 valence electrons. The van der Waals surface area contributed by atoms with E-state index >= 15 is 0 Å². The van der Waals surface area contributed by atoms with Gasteiger partial charge in [0.05, 0.1) is 6.42 Å². The van der Waals surface area contributed by atoms with E-state index in [1.165, 1.54) is 10.4 Å². The maximum atomic E-state index is 12.4. The maximum Gasteiger partial charge on any atom is 0.308 e. The Labute approximate surface area is 116 Å². The molecular weight excluding hydrogens is 286 g/mol. The molecular formula is C12H17NO4S2. The van der Waals surface area contributed by atoms with Gasteiger partial charge in [0.25, 0.3) is 10.0 Å². The van der Waals surface area contributed by atoms with Crippen molar-refractivity contribution in [3.8, 4) is 0 Å². The van der Waals surface area contributed by atoms with Crippen LogP contribution in [0.4, 0.5) is 0 Å². The van der Waals surface area contributed by atoms with Crippen LogP contribution in [0.15, 0.2) is 16.3 Å². The number of hydrogen-bond acceptors (Lipinski definition) is 4. The molecule has 2 heterocycles. The average molecular weight is 303 g/mol. The molecule has 1 aromatic heterocycles. The smallest absolute Gasteiger partial charge is 0.308 e. The Bertz CT molecular complexity index is 589. The highest BCUT2D eigenvalue weighted by Gasteiger charge is 2.37. The summed E-state index contributed by atoms with van der Waals surface area (Å²) in [7, 11) is -3.47. The second-order valence-electron chi connectivity index (χ2n) is 5.54. The first-order valence-electron chi connectivity index (χ1n) is 6.01. The number of sulfonamides is 1. The second kappa shape index (κ2) is 4.88. The normalized spacial score (nSPS) is 19.7. The zero-order valence-electron chi connectivity index (χ0n) is 10.9. The Kier molecular flexibility index (Phi) is 3.72. The third kappa shape index (κ3) is 3.16. The molecule has 1 aliphatic rings. The molecule has 19 heavy (non-hydrogen) atoms. The van der Waals surface area contributed by atoms with E-state index in [1.807, 2.05) is 13.8 Å². The lowest BCUT2D eigenvalue weighted by molar-refractivity contribution is -0.136. The summed E-state index contributed by atoms with van der Waals surface area (Å²) in [5.41, 5.74) is 0.00816. The van der Waals surface area contributed by atoms with Crippen molar-refractivity contribution in [3.05, 3.63) is 17.0 Å². The summed E-state index contributed by atoms with van der Waals surface area (Å²) in [6.45, 7) is 5.14. The summed E-state index contributed by atoms with van der Waals surface area (Å²) in [5, 5.41) is 8.71. The minimum atomic E-state index is -3.47. The van der Waals surface area contributed by atoms with Crippen molar-refractivity contribution in [1.29, 1.82) is 0 Å². The first kappa shape index (κ1) is 14.5. The fraction of sp³-hybridized carbons (Fsp3) is 0.583. The van der Waals surface area contributed by atoms with Crippen molar-refractivity contribution >= 4 is 27.3 Å². The van der Waals surface area contributed by atoms with Crippen LogP contribution in [0.3, 0.4) is 0 Å². The largest absolute Gasteiger partial charge is 0.481 e. The van der Waals surface area contributed by atoms with Gasteiger partial charge in [-0.3, -0.25) is 4.79 Å². The molecule has 0 aromatic carbocycles. The Morgan fingerprint density at radius 3 is 2.68 bits per heavy atom. The number of thiophene rings is 1. The highest BCUT2D eigenvalue weighted by molar-refractivity contribution is 7.91. The van der Waals surface area contributed by atoms with Crippen LogP contribution in [-0.4, -0.2) is 36.9 Å². The van der Waals surface area contributed by atoms with E-state index in [0.717, 1.165) is 17.8 Å². The predicted octanol–water partition coefficient (Wildman–Crippen LogP) is 1.80. The molecule has 0 bridgehead atoms. The highest BCUT2D eigenvalue weighted by atomic mass is 32.2. The molecule has 0 unspecified atom stereocenters. The minimum absolute atomic E-state index is 0.00816. The highest BCUT2D eigenvalue weighted by Crippen LogP contribution is 2.34. The van der Waals surface area contributed by atoms with Crippen LogP contribution in [0.5, 0.6) is 0 Å². The van der Waals surface area contributed by atoms with Gasteiger partial charge < -0.3 is 5.11 Å². The summed E-state index contributed by atoms with van der Waals surface area (Å²) in [4.78, 5) is 11.2. The first-order valence-corrected chi connectivity index (χ1v) is 8.27. The topological polar surface area (TPSA) is 74.7 Å². The lowest BCUT2D eigenvalue weighted by Crippen LogP contribution is -2.29. The molecule has 2 rings (SSSR count). The molecule has 0 saturated carbocycles. The molecule has 0 amide bonds. The summed E-state index contributed by atoms with van der Waals surface area (Å²) >= 11 is 1.04. The monoisotopic (exact) mass is 303 g/mol. The number of hydrogen-bond donors (Lipinski definition) is 1. The predicted molar refractivity (Wildman–Crippen MR) is 72.8 cm³/mol. The molecule has 7 heteroatoms. The van der Waals surface area contributed by atoms with Gasteiger partial charge in [0, 0.05) is 18.0 Å². The molecule has 1 N–H and O–H groups in total.